The predicted molar refractivity (Wildman–Crippen MR) is 66.2 cm³/mol. The highest BCUT2D eigenvalue weighted by molar-refractivity contribution is 5.39. The van der Waals surface area contributed by atoms with Crippen molar-refractivity contribution >= 4 is 0 Å². The van der Waals surface area contributed by atoms with Crippen LogP contribution in [0, 0.1) is 11.3 Å². The summed E-state index contributed by atoms with van der Waals surface area (Å²) in [6.07, 6.45) is 0. The summed E-state index contributed by atoms with van der Waals surface area (Å²) >= 11 is 0. The smallest absolute Gasteiger partial charge is 0.161 e. The van der Waals surface area contributed by atoms with Gasteiger partial charge in [0.25, 0.3) is 0 Å². The van der Waals surface area contributed by atoms with Gasteiger partial charge in [-0.1, -0.05) is 12.1 Å². The van der Waals surface area contributed by atoms with E-state index in [-0.39, 0.29) is 6.04 Å². The van der Waals surface area contributed by atoms with Gasteiger partial charge in [0.2, 0.25) is 0 Å². The van der Waals surface area contributed by atoms with E-state index in [4.69, 9.17) is 14.7 Å². The summed E-state index contributed by atoms with van der Waals surface area (Å²) in [6, 6.07) is 9.61. The van der Waals surface area contributed by atoms with Crippen LogP contribution in [0.5, 0.6) is 11.5 Å². The molecule has 0 radical (unpaired) electrons. The highest BCUT2D eigenvalue weighted by Crippen LogP contribution is 2.25. The highest BCUT2D eigenvalue weighted by Gasteiger charge is 2.08. The topological polar surface area (TPSA) is 45.5 Å². The molecule has 92 valence electrons. The van der Waals surface area contributed by atoms with Crippen LogP contribution in [0.1, 0.15) is 6.92 Å². The lowest BCUT2D eigenvalue weighted by Gasteiger charge is -2.19. The van der Waals surface area contributed by atoms with Gasteiger partial charge in [-0.25, -0.2) is 0 Å². The molecular weight excluding hydrogens is 216 g/mol. The Labute approximate surface area is 102 Å². The number of hydrogen-bond donors (Lipinski definition) is 0. The van der Waals surface area contributed by atoms with Gasteiger partial charge in [-0.2, -0.15) is 5.26 Å². The van der Waals surface area contributed by atoms with Gasteiger partial charge in [0.1, 0.15) is 6.61 Å². The first-order valence-corrected chi connectivity index (χ1v) is 5.54. The zero-order valence-electron chi connectivity index (χ0n) is 10.5. The molecule has 0 aromatic heterocycles. The molecule has 0 aliphatic heterocycles. The largest absolute Gasteiger partial charge is 0.493 e. The molecular formula is C13H18N2O2. The zero-order valence-corrected chi connectivity index (χ0v) is 10.5. The van der Waals surface area contributed by atoms with Crippen molar-refractivity contribution in [1.29, 1.82) is 5.26 Å². The standard InChI is InChI=1S/C13H18N2O2/c1-11(10-14)15(2)8-9-17-13-7-5-4-6-12(13)16-3/h4-7,11H,8-9H2,1-3H3. The zero-order chi connectivity index (χ0) is 12.7. The van der Waals surface area contributed by atoms with E-state index in [9.17, 15) is 0 Å². The Kier molecular flexibility index (Phi) is 5.31. The van der Waals surface area contributed by atoms with Crippen LogP contribution in [0.3, 0.4) is 0 Å². The SMILES string of the molecule is COc1ccccc1OCCN(C)C(C)C#N. The molecule has 1 aromatic carbocycles. The van der Waals surface area contributed by atoms with Crippen molar-refractivity contribution in [3.8, 4) is 17.6 Å². The van der Waals surface area contributed by atoms with Gasteiger partial charge in [0.15, 0.2) is 11.5 Å². The van der Waals surface area contributed by atoms with E-state index in [1.54, 1.807) is 7.11 Å². The Morgan fingerprint density at radius 3 is 2.59 bits per heavy atom. The van der Waals surface area contributed by atoms with Crippen LogP contribution in [-0.4, -0.2) is 38.3 Å². The fraction of sp³-hybridized carbons (Fsp3) is 0.462. The van der Waals surface area contributed by atoms with E-state index in [0.29, 0.717) is 13.2 Å². The van der Waals surface area contributed by atoms with Crippen molar-refractivity contribution in [2.45, 2.75) is 13.0 Å². The number of ether oxygens (including phenoxy) is 2. The minimum atomic E-state index is -0.101. The van der Waals surface area contributed by atoms with Crippen molar-refractivity contribution in [3.05, 3.63) is 24.3 Å². The molecule has 0 aliphatic carbocycles. The molecule has 1 atom stereocenters. The summed E-state index contributed by atoms with van der Waals surface area (Å²) in [7, 11) is 3.52. The van der Waals surface area contributed by atoms with E-state index in [2.05, 4.69) is 6.07 Å². The molecule has 0 fully saturated rings. The maximum atomic E-state index is 8.75. The molecule has 0 saturated heterocycles. The van der Waals surface area contributed by atoms with Crippen LogP contribution in [-0.2, 0) is 0 Å². The van der Waals surface area contributed by atoms with Crippen LogP contribution in [0.4, 0.5) is 0 Å². The van der Waals surface area contributed by atoms with Crippen LogP contribution in [0.25, 0.3) is 0 Å². The number of likely N-dealkylation sites (N-methyl/N-ethyl adjacent to an activating group) is 1. The van der Waals surface area contributed by atoms with Gasteiger partial charge in [-0.3, -0.25) is 4.90 Å². The molecule has 0 aliphatic rings. The molecule has 1 rings (SSSR count). The molecule has 0 spiro atoms. The Bertz CT molecular complexity index is 387. The molecule has 0 heterocycles. The third-order valence-corrected chi connectivity index (χ3v) is 2.62. The number of nitriles is 1. The highest BCUT2D eigenvalue weighted by atomic mass is 16.5. The summed E-state index contributed by atoms with van der Waals surface area (Å²) in [6.45, 7) is 3.10. The molecule has 1 unspecified atom stereocenters. The number of benzene rings is 1. The van der Waals surface area contributed by atoms with Gasteiger partial charge in [-0.05, 0) is 26.1 Å². The molecule has 0 N–H and O–H groups in total. The molecule has 4 nitrogen and oxygen atoms in total. The van der Waals surface area contributed by atoms with Crippen molar-refractivity contribution < 1.29 is 9.47 Å². The second-order valence-corrected chi connectivity index (χ2v) is 3.79. The molecule has 0 amide bonds. The van der Waals surface area contributed by atoms with E-state index in [1.165, 1.54) is 0 Å². The number of rotatable bonds is 6. The Balaban J connectivity index is 2.43. The summed E-state index contributed by atoms with van der Waals surface area (Å²) in [5.74, 6) is 1.46. The van der Waals surface area contributed by atoms with Crippen LogP contribution >= 0.6 is 0 Å². The quantitative estimate of drug-likeness (QED) is 0.754. The number of para-hydroxylation sites is 2. The van der Waals surface area contributed by atoms with Crippen molar-refractivity contribution in [2.75, 3.05) is 27.3 Å². The average Bonchev–Trinajstić information content (AvgIpc) is 2.38. The minimum Gasteiger partial charge on any atom is -0.493 e. The maximum Gasteiger partial charge on any atom is 0.161 e. The van der Waals surface area contributed by atoms with Gasteiger partial charge in [0, 0.05) is 6.54 Å². The fourth-order valence-corrected chi connectivity index (χ4v) is 1.33. The fourth-order valence-electron chi connectivity index (χ4n) is 1.33. The second-order valence-electron chi connectivity index (χ2n) is 3.79. The van der Waals surface area contributed by atoms with Gasteiger partial charge < -0.3 is 9.47 Å². The lowest BCUT2D eigenvalue weighted by atomic mass is 10.3. The molecule has 1 aromatic rings. The van der Waals surface area contributed by atoms with E-state index in [0.717, 1.165) is 11.5 Å². The molecule has 0 saturated carbocycles. The van der Waals surface area contributed by atoms with E-state index >= 15 is 0 Å². The van der Waals surface area contributed by atoms with Crippen LogP contribution in [0.2, 0.25) is 0 Å². The van der Waals surface area contributed by atoms with Crippen LogP contribution in [0.15, 0.2) is 24.3 Å². The Morgan fingerprint density at radius 1 is 1.35 bits per heavy atom. The third-order valence-electron chi connectivity index (χ3n) is 2.62. The van der Waals surface area contributed by atoms with Gasteiger partial charge in [-0.15, -0.1) is 0 Å². The summed E-state index contributed by atoms with van der Waals surface area (Å²) in [4.78, 5) is 1.94. The first kappa shape index (κ1) is 13.3. The monoisotopic (exact) mass is 234 g/mol. The molecule has 0 bridgehead atoms. The first-order chi connectivity index (χ1) is 8.19. The third kappa shape index (κ3) is 3.97. The van der Waals surface area contributed by atoms with Crippen molar-refractivity contribution in [3.63, 3.8) is 0 Å². The first-order valence-electron chi connectivity index (χ1n) is 5.54. The van der Waals surface area contributed by atoms with Crippen molar-refractivity contribution in [2.24, 2.45) is 0 Å². The number of hydrogen-bond acceptors (Lipinski definition) is 4. The van der Waals surface area contributed by atoms with Crippen molar-refractivity contribution in [1.82, 2.24) is 4.90 Å². The second kappa shape index (κ2) is 6.77. The summed E-state index contributed by atoms with van der Waals surface area (Å²) in [5.41, 5.74) is 0. The number of nitrogens with zero attached hydrogens (tertiary/aromatic N) is 2. The van der Waals surface area contributed by atoms with E-state index < -0.39 is 0 Å². The van der Waals surface area contributed by atoms with Gasteiger partial charge in [0.05, 0.1) is 19.2 Å². The van der Waals surface area contributed by atoms with Crippen LogP contribution < -0.4 is 9.47 Å². The maximum absolute atomic E-state index is 8.75. The minimum absolute atomic E-state index is 0.101. The summed E-state index contributed by atoms with van der Waals surface area (Å²) in [5, 5.41) is 8.75. The van der Waals surface area contributed by atoms with Gasteiger partial charge >= 0.3 is 0 Å². The normalized spacial score (nSPS) is 11.9. The van der Waals surface area contributed by atoms with E-state index in [1.807, 2.05) is 43.1 Å². The number of methoxy groups -OCH3 is 1. The Morgan fingerprint density at radius 2 is 2.00 bits per heavy atom. The lowest BCUT2D eigenvalue weighted by molar-refractivity contribution is 0.217. The average molecular weight is 234 g/mol. The predicted octanol–water partition coefficient (Wildman–Crippen LogP) is 1.92. The Hall–Kier alpha value is -1.73. The molecule has 4 heteroatoms. The lowest BCUT2D eigenvalue weighted by Crippen LogP contribution is -2.31. The molecule has 17 heavy (non-hydrogen) atoms. The summed E-state index contributed by atoms with van der Waals surface area (Å²) < 4.78 is 10.8.